The molecule has 0 radical (unpaired) electrons. The third kappa shape index (κ3) is 1.42. The molecule has 1 atom stereocenters. The van der Waals surface area contributed by atoms with E-state index in [4.69, 9.17) is 0 Å². The Hall–Kier alpha value is -1.62. The van der Waals surface area contributed by atoms with Gasteiger partial charge in [0.2, 0.25) is 0 Å². The Morgan fingerprint density at radius 3 is 3.12 bits per heavy atom. The van der Waals surface area contributed by atoms with E-state index in [0.717, 1.165) is 18.8 Å². The van der Waals surface area contributed by atoms with E-state index in [1.807, 2.05) is 11.0 Å². The lowest BCUT2D eigenvalue weighted by Crippen LogP contribution is -2.61. The van der Waals surface area contributed by atoms with Gasteiger partial charge in [0.15, 0.2) is 0 Å². The molecule has 0 saturated carbocycles. The van der Waals surface area contributed by atoms with Crippen molar-refractivity contribution < 1.29 is 9.18 Å². The van der Waals surface area contributed by atoms with Gasteiger partial charge in [-0.05, 0) is 12.1 Å². The molecule has 1 unspecified atom stereocenters. The largest absolute Gasteiger partial charge is 0.355 e. The third-order valence-electron chi connectivity index (χ3n) is 3.47. The van der Waals surface area contributed by atoms with Crippen LogP contribution in [0.25, 0.3) is 0 Å². The first-order chi connectivity index (χ1) is 8.20. The number of fused-ring (bicyclic) bond motifs is 3. The van der Waals surface area contributed by atoms with Crippen LogP contribution in [0.2, 0.25) is 0 Å². The Bertz CT molecular complexity index is 477. The summed E-state index contributed by atoms with van der Waals surface area (Å²) in [5.41, 5.74) is 1.22. The maximum atomic E-state index is 13.8. The fourth-order valence-corrected chi connectivity index (χ4v) is 2.61. The Kier molecular flexibility index (Phi) is 2.29. The van der Waals surface area contributed by atoms with Crippen LogP contribution in [-0.4, -0.2) is 38.6 Å². The maximum absolute atomic E-state index is 13.8. The Labute approximate surface area is 99.0 Å². The van der Waals surface area contributed by atoms with Crippen LogP contribution < -0.4 is 15.1 Å². The number of rotatable bonds is 0. The van der Waals surface area contributed by atoms with Crippen LogP contribution in [0.15, 0.2) is 18.2 Å². The quantitative estimate of drug-likeness (QED) is 0.714. The highest BCUT2D eigenvalue weighted by Gasteiger charge is 2.38. The number of anilines is 2. The fourth-order valence-electron chi connectivity index (χ4n) is 2.61. The lowest BCUT2D eigenvalue weighted by atomic mass is 10.0. The van der Waals surface area contributed by atoms with Gasteiger partial charge >= 0.3 is 0 Å². The summed E-state index contributed by atoms with van der Waals surface area (Å²) in [7, 11) is 1.64. The molecule has 1 fully saturated rings. The zero-order valence-corrected chi connectivity index (χ0v) is 9.61. The first-order valence-electron chi connectivity index (χ1n) is 5.73. The number of carbonyl (C=O) groups is 1. The summed E-state index contributed by atoms with van der Waals surface area (Å²) in [5, 5.41) is 3.20. The first kappa shape index (κ1) is 10.5. The van der Waals surface area contributed by atoms with E-state index < -0.39 is 0 Å². The van der Waals surface area contributed by atoms with Crippen molar-refractivity contribution in [2.24, 2.45) is 0 Å². The number of amides is 1. The van der Waals surface area contributed by atoms with Gasteiger partial charge < -0.3 is 15.1 Å². The predicted molar refractivity (Wildman–Crippen MR) is 63.8 cm³/mol. The highest BCUT2D eigenvalue weighted by Crippen LogP contribution is 2.37. The van der Waals surface area contributed by atoms with Crippen LogP contribution in [-0.2, 0) is 4.79 Å². The molecule has 2 heterocycles. The van der Waals surface area contributed by atoms with Crippen molar-refractivity contribution in [1.29, 1.82) is 0 Å². The van der Waals surface area contributed by atoms with E-state index >= 15 is 0 Å². The van der Waals surface area contributed by atoms with Gasteiger partial charge in [-0.2, -0.15) is 0 Å². The van der Waals surface area contributed by atoms with Crippen molar-refractivity contribution in [3.05, 3.63) is 24.0 Å². The molecule has 0 spiro atoms. The van der Waals surface area contributed by atoms with E-state index in [0.29, 0.717) is 12.2 Å². The van der Waals surface area contributed by atoms with E-state index in [-0.39, 0.29) is 17.8 Å². The van der Waals surface area contributed by atoms with Crippen LogP contribution >= 0.6 is 0 Å². The van der Waals surface area contributed by atoms with Crippen molar-refractivity contribution in [1.82, 2.24) is 5.32 Å². The molecule has 90 valence electrons. The molecule has 2 aliphatic rings. The molecule has 1 aromatic carbocycles. The number of para-hydroxylation sites is 1. The molecule has 17 heavy (non-hydrogen) atoms. The fraction of sp³-hybridized carbons (Fsp3) is 0.417. The van der Waals surface area contributed by atoms with E-state index in [2.05, 4.69) is 5.32 Å². The molecule has 2 aliphatic heterocycles. The SMILES string of the molecule is CN1C(=O)C2CNCCN2c2cccc(F)c21. The molecule has 4 nitrogen and oxygen atoms in total. The van der Waals surface area contributed by atoms with Gasteiger partial charge in [-0.1, -0.05) is 6.07 Å². The minimum atomic E-state index is -0.338. The summed E-state index contributed by atoms with van der Waals surface area (Å²) in [5.74, 6) is -0.384. The summed E-state index contributed by atoms with van der Waals surface area (Å²) >= 11 is 0. The summed E-state index contributed by atoms with van der Waals surface area (Å²) in [6.45, 7) is 2.18. The molecule has 0 aliphatic carbocycles. The van der Waals surface area contributed by atoms with Gasteiger partial charge in [0.05, 0.1) is 5.69 Å². The normalized spacial score (nSPS) is 23.4. The van der Waals surface area contributed by atoms with Crippen LogP contribution in [0.5, 0.6) is 0 Å². The lowest BCUT2D eigenvalue weighted by molar-refractivity contribution is -0.120. The molecule has 3 rings (SSSR count). The van der Waals surface area contributed by atoms with Gasteiger partial charge in [0.1, 0.15) is 17.5 Å². The number of halogens is 1. The highest BCUT2D eigenvalue weighted by atomic mass is 19.1. The average Bonchev–Trinajstić information content (AvgIpc) is 2.36. The van der Waals surface area contributed by atoms with Crippen molar-refractivity contribution >= 4 is 17.3 Å². The molecule has 5 heteroatoms. The smallest absolute Gasteiger partial charge is 0.250 e. The molecular formula is C12H14FN3O. The van der Waals surface area contributed by atoms with E-state index in [1.54, 1.807) is 13.1 Å². The second-order valence-electron chi connectivity index (χ2n) is 4.42. The predicted octanol–water partition coefficient (Wildman–Crippen LogP) is 0.580. The Balaban J connectivity index is 2.16. The summed E-state index contributed by atoms with van der Waals surface area (Å²) < 4.78 is 13.8. The Morgan fingerprint density at radius 2 is 2.29 bits per heavy atom. The number of likely N-dealkylation sites (N-methyl/N-ethyl adjacent to an activating group) is 1. The number of hydrogen-bond donors (Lipinski definition) is 1. The van der Waals surface area contributed by atoms with Gasteiger partial charge in [-0.15, -0.1) is 0 Å². The third-order valence-corrected chi connectivity index (χ3v) is 3.47. The van der Waals surface area contributed by atoms with Crippen LogP contribution in [0.1, 0.15) is 0 Å². The zero-order valence-electron chi connectivity index (χ0n) is 9.61. The van der Waals surface area contributed by atoms with E-state index in [9.17, 15) is 9.18 Å². The van der Waals surface area contributed by atoms with Gasteiger partial charge in [-0.25, -0.2) is 4.39 Å². The second kappa shape index (κ2) is 3.70. The number of benzene rings is 1. The molecule has 1 N–H and O–H groups in total. The summed E-state index contributed by atoms with van der Waals surface area (Å²) in [6.07, 6.45) is 0. The summed E-state index contributed by atoms with van der Waals surface area (Å²) in [6, 6.07) is 4.75. The van der Waals surface area contributed by atoms with Gasteiger partial charge in [0.25, 0.3) is 5.91 Å². The molecule has 0 bridgehead atoms. The van der Waals surface area contributed by atoms with Gasteiger partial charge in [0, 0.05) is 26.7 Å². The van der Waals surface area contributed by atoms with Crippen molar-refractivity contribution in [3.63, 3.8) is 0 Å². The number of nitrogens with zero attached hydrogens (tertiary/aromatic N) is 2. The number of carbonyl (C=O) groups excluding carboxylic acids is 1. The maximum Gasteiger partial charge on any atom is 0.250 e. The molecule has 1 amide bonds. The van der Waals surface area contributed by atoms with Crippen LogP contribution in [0.3, 0.4) is 0 Å². The van der Waals surface area contributed by atoms with Crippen molar-refractivity contribution in [2.45, 2.75) is 6.04 Å². The highest BCUT2D eigenvalue weighted by molar-refractivity contribution is 6.05. The number of piperazine rings is 1. The van der Waals surface area contributed by atoms with Crippen molar-refractivity contribution in [3.8, 4) is 0 Å². The Morgan fingerprint density at radius 1 is 1.47 bits per heavy atom. The number of nitrogens with one attached hydrogen (secondary N) is 1. The number of hydrogen-bond acceptors (Lipinski definition) is 3. The zero-order chi connectivity index (χ0) is 12.0. The first-order valence-corrected chi connectivity index (χ1v) is 5.73. The standard InChI is InChI=1S/C12H14FN3O/c1-15-11-8(13)3-2-4-9(11)16-6-5-14-7-10(16)12(15)17/h2-4,10,14H,5-7H2,1H3. The monoisotopic (exact) mass is 235 g/mol. The van der Waals surface area contributed by atoms with Crippen LogP contribution in [0, 0.1) is 5.82 Å². The minimum Gasteiger partial charge on any atom is -0.355 e. The van der Waals surface area contributed by atoms with Crippen molar-refractivity contribution in [2.75, 3.05) is 36.5 Å². The molecule has 1 saturated heterocycles. The molecule has 1 aromatic rings. The van der Waals surface area contributed by atoms with Crippen LogP contribution in [0.4, 0.5) is 15.8 Å². The lowest BCUT2D eigenvalue weighted by Gasteiger charge is -2.44. The second-order valence-corrected chi connectivity index (χ2v) is 4.42. The molecular weight excluding hydrogens is 221 g/mol. The van der Waals surface area contributed by atoms with Gasteiger partial charge in [-0.3, -0.25) is 4.79 Å². The average molecular weight is 235 g/mol. The summed E-state index contributed by atoms with van der Waals surface area (Å²) in [4.78, 5) is 15.6. The minimum absolute atomic E-state index is 0.0465. The topological polar surface area (TPSA) is 35.6 Å². The van der Waals surface area contributed by atoms with E-state index in [1.165, 1.54) is 11.0 Å². The molecule has 0 aromatic heterocycles.